The number of nitrogens with one attached hydrogen (secondary N) is 1. The number of anilines is 1. The smallest absolute Gasteiger partial charge is 0.221 e. The van der Waals surface area contributed by atoms with Gasteiger partial charge in [0, 0.05) is 24.4 Å². The van der Waals surface area contributed by atoms with E-state index in [2.05, 4.69) is 16.2 Å². The number of nitrogens with zero attached hydrogens (tertiary/aromatic N) is 2. The van der Waals surface area contributed by atoms with Gasteiger partial charge in [0.1, 0.15) is 6.61 Å². The van der Waals surface area contributed by atoms with Crippen molar-refractivity contribution in [3.05, 3.63) is 59.5 Å². The van der Waals surface area contributed by atoms with Crippen LogP contribution in [0.5, 0.6) is 5.75 Å². The molecular weight excluding hydrogens is 314 g/mol. The minimum absolute atomic E-state index is 0.114. The van der Waals surface area contributed by atoms with Gasteiger partial charge in [-0.3, -0.25) is 9.20 Å². The summed E-state index contributed by atoms with van der Waals surface area (Å²) < 4.78 is 7.95. The molecule has 1 N–H and O–H groups in total. The van der Waals surface area contributed by atoms with E-state index in [1.807, 2.05) is 53.9 Å². The molecular formula is C20H19N3O2. The average molecular weight is 333 g/mol. The molecule has 1 amide bonds. The summed E-state index contributed by atoms with van der Waals surface area (Å²) in [4.78, 5) is 15.9. The van der Waals surface area contributed by atoms with Crippen molar-refractivity contribution in [3.8, 4) is 18.1 Å². The third kappa shape index (κ3) is 3.48. The Bertz CT molecular complexity index is 967. The van der Waals surface area contributed by atoms with Crippen LogP contribution in [0.2, 0.25) is 0 Å². The quantitative estimate of drug-likeness (QED) is 0.729. The molecule has 25 heavy (non-hydrogen) atoms. The molecule has 0 saturated heterocycles. The van der Waals surface area contributed by atoms with E-state index in [0.717, 1.165) is 28.3 Å². The number of amides is 1. The predicted molar refractivity (Wildman–Crippen MR) is 97.5 cm³/mol. The van der Waals surface area contributed by atoms with E-state index in [9.17, 15) is 4.79 Å². The van der Waals surface area contributed by atoms with Crippen molar-refractivity contribution in [1.29, 1.82) is 0 Å². The Morgan fingerprint density at radius 3 is 2.88 bits per heavy atom. The van der Waals surface area contributed by atoms with Gasteiger partial charge >= 0.3 is 0 Å². The summed E-state index contributed by atoms with van der Waals surface area (Å²) in [6.45, 7) is 3.75. The molecule has 0 fully saturated rings. The number of imidazole rings is 1. The fourth-order valence-electron chi connectivity index (χ4n) is 2.74. The maximum Gasteiger partial charge on any atom is 0.221 e. The molecule has 0 unspecified atom stereocenters. The first-order valence-electron chi connectivity index (χ1n) is 7.98. The van der Waals surface area contributed by atoms with Crippen molar-refractivity contribution < 1.29 is 9.53 Å². The third-order valence-corrected chi connectivity index (χ3v) is 3.89. The molecule has 0 aliphatic rings. The number of ether oxygens (including phenoxy) is 1. The van der Waals surface area contributed by atoms with Crippen LogP contribution in [0.25, 0.3) is 5.65 Å². The molecule has 0 aliphatic heterocycles. The highest BCUT2D eigenvalue weighted by Crippen LogP contribution is 2.24. The largest absolute Gasteiger partial charge is 0.485 e. The van der Waals surface area contributed by atoms with Gasteiger partial charge in [-0.25, -0.2) is 4.98 Å². The van der Waals surface area contributed by atoms with Crippen molar-refractivity contribution in [1.82, 2.24) is 9.38 Å². The van der Waals surface area contributed by atoms with E-state index in [4.69, 9.17) is 11.2 Å². The van der Waals surface area contributed by atoms with Crippen LogP contribution >= 0.6 is 0 Å². The zero-order valence-electron chi connectivity index (χ0n) is 14.2. The van der Waals surface area contributed by atoms with Crippen LogP contribution in [-0.4, -0.2) is 15.3 Å². The maximum absolute atomic E-state index is 11.3. The molecule has 0 atom stereocenters. The Morgan fingerprint density at radius 2 is 2.12 bits per heavy atom. The van der Waals surface area contributed by atoms with Gasteiger partial charge in [0.25, 0.3) is 0 Å². The summed E-state index contributed by atoms with van der Waals surface area (Å²) in [5.74, 6) is 3.22. The van der Waals surface area contributed by atoms with Crippen LogP contribution < -0.4 is 10.1 Å². The average Bonchev–Trinajstić information content (AvgIpc) is 2.90. The minimum Gasteiger partial charge on any atom is -0.485 e. The Hall–Kier alpha value is -3.26. The summed E-state index contributed by atoms with van der Waals surface area (Å²) in [5.41, 5.74) is 4.26. The molecule has 2 heterocycles. The molecule has 0 aliphatic carbocycles. The molecule has 5 heteroatoms. The second kappa shape index (κ2) is 7.10. The number of hydrogen-bond acceptors (Lipinski definition) is 3. The number of terminal acetylenes is 1. The van der Waals surface area contributed by atoms with Crippen molar-refractivity contribution in [3.63, 3.8) is 0 Å². The molecule has 5 nitrogen and oxygen atoms in total. The van der Waals surface area contributed by atoms with Crippen molar-refractivity contribution in [2.75, 3.05) is 5.32 Å². The molecule has 0 saturated carbocycles. The van der Waals surface area contributed by atoms with Crippen LogP contribution in [0, 0.1) is 19.3 Å². The van der Waals surface area contributed by atoms with Gasteiger partial charge in [0.15, 0.2) is 11.4 Å². The number of hydrogen-bond donors (Lipinski definition) is 1. The summed E-state index contributed by atoms with van der Waals surface area (Å²) in [6, 6.07) is 11.3. The number of aromatic nitrogens is 2. The number of aryl methyl sites for hydroxylation is 1. The first-order chi connectivity index (χ1) is 12.1. The van der Waals surface area contributed by atoms with E-state index >= 15 is 0 Å². The number of carbonyl (C=O) groups excluding carboxylic acids is 1. The van der Waals surface area contributed by atoms with E-state index in [1.54, 1.807) is 0 Å². The Kier molecular flexibility index (Phi) is 4.71. The Labute approximate surface area is 146 Å². The lowest BCUT2D eigenvalue weighted by atomic mass is 10.2. The topological polar surface area (TPSA) is 55.6 Å². The normalized spacial score (nSPS) is 10.4. The molecule has 2 aromatic heterocycles. The lowest BCUT2D eigenvalue weighted by molar-refractivity contribution is -0.114. The highest BCUT2D eigenvalue weighted by atomic mass is 16.5. The number of rotatable bonds is 5. The van der Waals surface area contributed by atoms with Crippen LogP contribution in [0.1, 0.15) is 23.9 Å². The van der Waals surface area contributed by atoms with Crippen molar-refractivity contribution >= 4 is 17.2 Å². The summed E-state index contributed by atoms with van der Waals surface area (Å²) in [7, 11) is 0. The fourth-order valence-corrected chi connectivity index (χ4v) is 2.74. The number of benzene rings is 1. The number of fused-ring (bicyclic) bond motifs is 1. The molecule has 0 spiro atoms. The second-order valence-corrected chi connectivity index (χ2v) is 5.72. The van der Waals surface area contributed by atoms with E-state index in [-0.39, 0.29) is 5.91 Å². The molecule has 126 valence electrons. The number of para-hydroxylation sites is 1. The van der Waals surface area contributed by atoms with Gasteiger partial charge < -0.3 is 10.1 Å². The maximum atomic E-state index is 11.3. The van der Waals surface area contributed by atoms with E-state index in [1.165, 1.54) is 6.92 Å². The van der Waals surface area contributed by atoms with Gasteiger partial charge in [-0.2, -0.15) is 0 Å². The van der Waals surface area contributed by atoms with Crippen molar-refractivity contribution in [2.45, 2.75) is 26.9 Å². The molecule has 1 aromatic carbocycles. The second-order valence-electron chi connectivity index (χ2n) is 5.72. The molecule has 3 rings (SSSR count). The zero-order chi connectivity index (χ0) is 17.8. The lowest BCUT2D eigenvalue weighted by Gasteiger charge is -2.12. The highest BCUT2D eigenvalue weighted by Gasteiger charge is 2.12. The van der Waals surface area contributed by atoms with Crippen LogP contribution in [0.3, 0.4) is 0 Å². The molecule has 3 aromatic rings. The lowest BCUT2D eigenvalue weighted by Crippen LogP contribution is -2.09. The predicted octanol–water partition coefficient (Wildman–Crippen LogP) is 3.36. The Morgan fingerprint density at radius 1 is 1.32 bits per heavy atom. The van der Waals surface area contributed by atoms with Crippen molar-refractivity contribution in [2.24, 2.45) is 0 Å². The van der Waals surface area contributed by atoms with E-state index in [0.29, 0.717) is 18.8 Å². The standard InChI is InChI=1S/C20H19N3O2/c1-4-8-18-14(2)21-20-19(11-7-12-23(18)20)25-13-16-9-5-6-10-17(16)22-15(3)24/h1,5-7,9-12H,8,13H2,2-3H3,(H,22,24). The van der Waals surface area contributed by atoms with Gasteiger partial charge in [-0.15, -0.1) is 12.3 Å². The number of carbonyl (C=O) groups is 1. The van der Waals surface area contributed by atoms with E-state index < -0.39 is 0 Å². The summed E-state index contributed by atoms with van der Waals surface area (Å²) in [5, 5.41) is 2.81. The Balaban J connectivity index is 1.89. The molecule has 0 bridgehead atoms. The monoisotopic (exact) mass is 333 g/mol. The van der Waals surface area contributed by atoms with Gasteiger partial charge in [-0.1, -0.05) is 18.2 Å². The minimum atomic E-state index is -0.114. The fraction of sp³-hybridized carbons (Fsp3) is 0.200. The molecule has 0 radical (unpaired) electrons. The summed E-state index contributed by atoms with van der Waals surface area (Å²) >= 11 is 0. The summed E-state index contributed by atoms with van der Waals surface area (Å²) in [6.07, 6.45) is 7.90. The zero-order valence-corrected chi connectivity index (χ0v) is 14.2. The highest BCUT2D eigenvalue weighted by molar-refractivity contribution is 5.89. The van der Waals surface area contributed by atoms with Gasteiger partial charge in [0.2, 0.25) is 5.91 Å². The van der Waals surface area contributed by atoms with Crippen LogP contribution in [0.15, 0.2) is 42.6 Å². The third-order valence-electron chi connectivity index (χ3n) is 3.89. The number of pyridine rings is 1. The van der Waals surface area contributed by atoms with Crippen LogP contribution in [0.4, 0.5) is 5.69 Å². The first kappa shape index (κ1) is 16.6. The first-order valence-corrected chi connectivity index (χ1v) is 7.98. The SMILES string of the molecule is C#CCc1c(C)nc2c(OCc3ccccc3NC(C)=O)cccn12. The van der Waals surface area contributed by atoms with Gasteiger partial charge in [-0.05, 0) is 25.1 Å². The van der Waals surface area contributed by atoms with Gasteiger partial charge in [0.05, 0.1) is 17.8 Å². The van der Waals surface area contributed by atoms with Crippen LogP contribution in [-0.2, 0) is 17.8 Å².